The third kappa shape index (κ3) is 4.60. The van der Waals surface area contributed by atoms with Crippen molar-refractivity contribution in [2.45, 2.75) is 33.4 Å². The molecule has 7 nitrogen and oxygen atoms in total. The highest BCUT2D eigenvalue weighted by Gasteiger charge is 2.43. The molecule has 1 atom stereocenters. The number of amides is 1. The Morgan fingerprint density at radius 1 is 0.921 bits per heavy atom. The molecule has 1 aromatic heterocycles. The van der Waals surface area contributed by atoms with Crippen LogP contribution in [0.1, 0.15) is 52.7 Å². The van der Waals surface area contributed by atoms with Crippen LogP contribution in [0, 0.1) is 12.8 Å². The highest BCUT2D eigenvalue weighted by molar-refractivity contribution is 5.99. The van der Waals surface area contributed by atoms with Gasteiger partial charge in [0.05, 0.1) is 37.8 Å². The summed E-state index contributed by atoms with van der Waals surface area (Å²) in [7, 11) is 3.19. The fourth-order valence-electron chi connectivity index (χ4n) is 4.80. The highest BCUT2D eigenvalue weighted by atomic mass is 16.5. The average molecular weight is 514 g/mol. The lowest BCUT2D eigenvalue weighted by atomic mass is 9.97. The Bertz CT molecular complexity index is 1550. The molecule has 7 heteroatoms. The maximum absolute atomic E-state index is 13.9. The molecule has 5 rings (SSSR count). The van der Waals surface area contributed by atoms with Crippen molar-refractivity contribution in [3.05, 3.63) is 98.9 Å². The van der Waals surface area contributed by atoms with Crippen molar-refractivity contribution in [3.63, 3.8) is 0 Å². The Hall–Kier alpha value is -4.26. The van der Waals surface area contributed by atoms with E-state index in [1.807, 2.05) is 55.5 Å². The van der Waals surface area contributed by atoms with Gasteiger partial charge in [0.15, 0.2) is 16.9 Å². The van der Waals surface area contributed by atoms with Crippen LogP contribution in [0.15, 0.2) is 69.9 Å². The molecule has 2 heterocycles. The number of aryl methyl sites for hydroxylation is 1. The van der Waals surface area contributed by atoms with E-state index in [2.05, 4.69) is 13.8 Å². The monoisotopic (exact) mass is 513 g/mol. The predicted molar refractivity (Wildman–Crippen MR) is 145 cm³/mol. The zero-order valence-electron chi connectivity index (χ0n) is 22.2. The van der Waals surface area contributed by atoms with Gasteiger partial charge in [0.1, 0.15) is 11.3 Å². The van der Waals surface area contributed by atoms with Crippen molar-refractivity contribution < 1.29 is 23.4 Å². The maximum Gasteiger partial charge on any atom is 0.291 e. The molecule has 0 saturated heterocycles. The number of benzene rings is 3. The predicted octanol–water partition coefficient (Wildman–Crippen LogP) is 5.90. The summed E-state index contributed by atoms with van der Waals surface area (Å²) in [5.41, 5.74) is 3.09. The highest BCUT2D eigenvalue weighted by Crippen LogP contribution is 2.42. The first-order valence-electron chi connectivity index (χ1n) is 12.6. The number of ether oxygens (including phenoxy) is 3. The van der Waals surface area contributed by atoms with Crippen molar-refractivity contribution >= 4 is 16.9 Å². The molecule has 0 aliphatic carbocycles. The van der Waals surface area contributed by atoms with Gasteiger partial charge in [0, 0.05) is 6.54 Å². The Balaban J connectivity index is 1.65. The topological polar surface area (TPSA) is 78.2 Å². The van der Waals surface area contributed by atoms with Gasteiger partial charge in [-0.2, -0.15) is 0 Å². The van der Waals surface area contributed by atoms with E-state index in [-0.39, 0.29) is 23.6 Å². The van der Waals surface area contributed by atoms with Gasteiger partial charge in [-0.15, -0.1) is 0 Å². The molecule has 4 aromatic rings. The molecule has 196 valence electrons. The van der Waals surface area contributed by atoms with E-state index in [0.717, 1.165) is 22.4 Å². The molecule has 1 aliphatic heterocycles. The molecule has 3 aromatic carbocycles. The molecular weight excluding hydrogens is 482 g/mol. The normalized spacial score (nSPS) is 14.7. The number of carbonyl (C=O) groups excluding carboxylic acids is 1. The first kappa shape index (κ1) is 25.4. The molecule has 1 unspecified atom stereocenters. The van der Waals surface area contributed by atoms with E-state index in [9.17, 15) is 9.59 Å². The van der Waals surface area contributed by atoms with E-state index in [0.29, 0.717) is 40.6 Å². The first-order chi connectivity index (χ1) is 18.3. The molecule has 0 bridgehead atoms. The standard InChI is InChI=1S/C31H31NO6/c1-18(2)17-37-25-13-9-21(15-26(25)36-5)28-27-29(33)23-14-19(3)6-12-24(23)38-30(27)31(34)32(28)16-20-7-10-22(35-4)11-8-20/h6-15,18,28H,16-17H2,1-5H3. The molecule has 1 amide bonds. The van der Waals surface area contributed by atoms with Crippen molar-refractivity contribution in [3.8, 4) is 17.2 Å². The Labute approximate surface area is 221 Å². The number of nitrogens with zero attached hydrogens (tertiary/aromatic N) is 1. The van der Waals surface area contributed by atoms with Gasteiger partial charge in [0.2, 0.25) is 5.76 Å². The molecule has 0 saturated carbocycles. The second-order valence-corrected chi connectivity index (χ2v) is 9.97. The molecule has 0 fully saturated rings. The lowest BCUT2D eigenvalue weighted by Crippen LogP contribution is -2.29. The summed E-state index contributed by atoms with van der Waals surface area (Å²) >= 11 is 0. The number of methoxy groups -OCH3 is 2. The van der Waals surface area contributed by atoms with Gasteiger partial charge in [-0.25, -0.2) is 0 Å². The average Bonchev–Trinajstić information content (AvgIpc) is 3.19. The SMILES string of the molecule is COc1ccc(CN2C(=O)c3oc4ccc(C)cc4c(=O)c3C2c2ccc(OCC(C)C)c(OC)c2)cc1. The Kier molecular flexibility index (Phi) is 6.85. The summed E-state index contributed by atoms with van der Waals surface area (Å²) in [5, 5.41) is 0.455. The van der Waals surface area contributed by atoms with Crippen LogP contribution in [0.3, 0.4) is 0 Å². The largest absolute Gasteiger partial charge is 0.497 e. The third-order valence-corrected chi connectivity index (χ3v) is 6.71. The van der Waals surface area contributed by atoms with E-state index < -0.39 is 6.04 Å². The van der Waals surface area contributed by atoms with Gasteiger partial charge in [-0.3, -0.25) is 9.59 Å². The fourth-order valence-corrected chi connectivity index (χ4v) is 4.80. The minimum absolute atomic E-state index is 0.0731. The van der Waals surface area contributed by atoms with E-state index >= 15 is 0 Å². The van der Waals surface area contributed by atoms with Crippen LogP contribution in [0.5, 0.6) is 17.2 Å². The van der Waals surface area contributed by atoms with Crippen LogP contribution in [0.4, 0.5) is 0 Å². The van der Waals surface area contributed by atoms with Crippen molar-refractivity contribution in [2.75, 3.05) is 20.8 Å². The lowest BCUT2D eigenvalue weighted by Gasteiger charge is -2.26. The zero-order valence-corrected chi connectivity index (χ0v) is 22.2. The second-order valence-electron chi connectivity index (χ2n) is 9.97. The van der Waals surface area contributed by atoms with Crippen molar-refractivity contribution in [2.24, 2.45) is 5.92 Å². The fraction of sp³-hybridized carbons (Fsp3) is 0.290. The van der Waals surface area contributed by atoms with Gasteiger partial charge < -0.3 is 23.5 Å². The molecule has 0 N–H and O–H groups in total. The Morgan fingerprint density at radius 3 is 2.37 bits per heavy atom. The van der Waals surface area contributed by atoms with Crippen LogP contribution >= 0.6 is 0 Å². The maximum atomic E-state index is 13.9. The minimum Gasteiger partial charge on any atom is -0.497 e. The molecule has 1 aliphatic rings. The van der Waals surface area contributed by atoms with Gasteiger partial charge >= 0.3 is 0 Å². The molecule has 38 heavy (non-hydrogen) atoms. The van der Waals surface area contributed by atoms with Gasteiger partial charge in [-0.05, 0) is 60.4 Å². The summed E-state index contributed by atoms with van der Waals surface area (Å²) in [5.74, 6) is 1.96. The van der Waals surface area contributed by atoms with E-state index in [1.54, 1.807) is 31.3 Å². The third-order valence-electron chi connectivity index (χ3n) is 6.71. The van der Waals surface area contributed by atoms with Crippen molar-refractivity contribution in [1.82, 2.24) is 4.90 Å². The summed E-state index contributed by atoms with van der Waals surface area (Å²) < 4.78 is 22.9. The molecule has 0 spiro atoms. The second kappa shape index (κ2) is 10.2. The number of fused-ring (bicyclic) bond motifs is 2. The number of hydrogen-bond donors (Lipinski definition) is 0. The molecule has 0 radical (unpaired) electrons. The summed E-state index contributed by atoms with van der Waals surface area (Å²) in [6.07, 6.45) is 0. The van der Waals surface area contributed by atoms with Crippen LogP contribution in [0.25, 0.3) is 11.0 Å². The number of hydrogen-bond acceptors (Lipinski definition) is 6. The van der Waals surface area contributed by atoms with Crippen LogP contribution in [-0.2, 0) is 6.54 Å². The molecular formula is C31H31NO6. The quantitative estimate of drug-likeness (QED) is 0.292. The van der Waals surface area contributed by atoms with E-state index in [4.69, 9.17) is 18.6 Å². The van der Waals surface area contributed by atoms with Crippen LogP contribution in [-0.4, -0.2) is 31.6 Å². The minimum atomic E-state index is -0.659. The van der Waals surface area contributed by atoms with Crippen molar-refractivity contribution in [1.29, 1.82) is 0 Å². The van der Waals surface area contributed by atoms with Crippen LogP contribution in [0.2, 0.25) is 0 Å². The van der Waals surface area contributed by atoms with Gasteiger partial charge in [-0.1, -0.05) is 43.7 Å². The first-order valence-corrected chi connectivity index (χ1v) is 12.6. The summed E-state index contributed by atoms with van der Waals surface area (Å²) in [6, 6.07) is 17.8. The number of carbonyl (C=O) groups is 1. The van der Waals surface area contributed by atoms with Gasteiger partial charge in [0.25, 0.3) is 5.91 Å². The van der Waals surface area contributed by atoms with E-state index in [1.165, 1.54) is 0 Å². The zero-order chi connectivity index (χ0) is 27.0. The summed E-state index contributed by atoms with van der Waals surface area (Å²) in [4.78, 5) is 29.3. The summed E-state index contributed by atoms with van der Waals surface area (Å²) in [6.45, 7) is 6.89. The smallest absolute Gasteiger partial charge is 0.291 e. The number of rotatable bonds is 8. The van der Waals surface area contributed by atoms with Crippen LogP contribution < -0.4 is 19.6 Å². The Morgan fingerprint density at radius 2 is 1.68 bits per heavy atom. The lowest BCUT2D eigenvalue weighted by molar-refractivity contribution is 0.0714.